The first kappa shape index (κ1) is 16.6. The number of primary amides is 1. The van der Waals surface area contributed by atoms with Crippen molar-refractivity contribution in [1.29, 1.82) is 0 Å². The van der Waals surface area contributed by atoms with Gasteiger partial charge in [0.2, 0.25) is 5.91 Å². The molecule has 1 fully saturated rings. The van der Waals surface area contributed by atoms with E-state index in [1.54, 1.807) is 11.3 Å². The van der Waals surface area contributed by atoms with Crippen LogP contribution in [0.2, 0.25) is 0 Å². The Morgan fingerprint density at radius 3 is 2.83 bits per heavy atom. The number of nitrogens with zero attached hydrogens (tertiary/aromatic N) is 2. The summed E-state index contributed by atoms with van der Waals surface area (Å²) >= 11 is 5.11. The quantitative estimate of drug-likeness (QED) is 0.861. The highest BCUT2D eigenvalue weighted by molar-refractivity contribution is 9.10. The molecular weight excluding hydrogens is 374 g/mol. The Balaban J connectivity index is 1.70. The number of carbonyl (C=O) groups is 1. The topological polar surface area (TPSA) is 59.2 Å². The Bertz CT molecular complexity index is 685. The molecule has 2 heterocycles. The zero-order valence-electron chi connectivity index (χ0n) is 13.0. The normalized spacial score (nSPS) is 22.2. The molecule has 1 aliphatic rings. The van der Waals surface area contributed by atoms with Crippen LogP contribution >= 0.6 is 27.3 Å². The van der Waals surface area contributed by atoms with Gasteiger partial charge >= 0.3 is 0 Å². The van der Waals surface area contributed by atoms with Crippen LogP contribution in [0.1, 0.15) is 25.5 Å². The van der Waals surface area contributed by atoms with Gasteiger partial charge in [-0.1, -0.05) is 28.1 Å². The Hall–Kier alpha value is -1.24. The fraction of sp³-hybridized carbons (Fsp3) is 0.412. The molecule has 1 saturated heterocycles. The molecule has 4 nitrogen and oxygen atoms in total. The van der Waals surface area contributed by atoms with Crippen molar-refractivity contribution >= 4 is 33.2 Å². The van der Waals surface area contributed by atoms with Gasteiger partial charge in [0.15, 0.2) is 0 Å². The molecular formula is C17H20BrN3OS. The third-order valence-corrected chi connectivity index (χ3v) is 5.89. The molecule has 2 aromatic rings. The fourth-order valence-electron chi connectivity index (χ4n) is 2.94. The van der Waals surface area contributed by atoms with Crippen LogP contribution in [0, 0.1) is 5.92 Å². The number of benzene rings is 1. The molecule has 0 spiro atoms. The van der Waals surface area contributed by atoms with Crippen LogP contribution in [0.3, 0.4) is 0 Å². The minimum absolute atomic E-state index is 0.0317. The van der Waals surface area contributed by atoms with Gasteiger partial charge in [0.05, 0.1) is 11.6 Å². The molecule has 23 heavy (non-hydrogen) atoms. The molecule has 6 heteroatoms. The number of rotatable bonds is 4. The number of piperidine rings is 1. The standard InChI is InChI=1S/C17H20BrN3OS/c1-11-2-3-13(16(19)22)8-21(11)9-15-10-23-17(20-15)12-4-6-14(18)7-5-12/h4-7,10-11,13H,2-3,8-9H2,1H3,(H2,19,22)/t11-,13+/m0/s1. The molecule has 0 unspecified atom stereocenters. The van der Waals surface area contributed by atoms with Crippen molar-refractivity contribution in [3.05, 3.63) is 39.8 Å². The van der Waals surface area contributed by atoms with Gasteiger partial charge in [-0.2, -0.15) is 0 Å². The summed E-state index contributed by atoms with van der Waals surface area (Å²) in [5.74, 6) is -0.216. The lowest BCUT2D eigenvalue weighted by Gasteiger charge is -2.36. The van der Waals surface area contributed by atoms with Crippen molar-refractivity contribution in [2.45, 2.75) is 32.4 Å². The van der Waals surface area contributed by atoms with Gasteiger partial charge in [0.1, 0.15) is 5.01 Å². The van der Waals surface area contributed by atoms with E-state index in [9.17, 15) is 4.79 Å². The number of aromatic nitrogens is 1. The Kier molecular flexibility index (Phi) is 5.14. The average Bonchev–Trinajstić information content (AvgIpc) is 2.98. The van der Waals surface area contributed by atoms with E-state index in [1.165, 1.54) is 0 Å². The predicted octanol–water partition coefficient (Wildman–Crippen LogP) is 3.66. The molecule has 0 saturated carbocycles. The smallest absolute Gasteiger partial charge is 0.221 e. The number of halogens is 1. The Morgan fingerprint density at radius 2 is 2.13 bits per heavy atom. The lowest BCUT2D eigenvalue weighted by molar-refractivity contribution is -0.124. The van der Waals surface area contributed by atoms with Crippen LogP contribution in [0.25, 0.3) is 10.6 Å². The maximum absolute atomic E-state index is 11.5. The minimum atomic E-state index is -0.185. The molecule has 2 N–H and O–H groups in total. The van der Waals surface area contributed by atoms with Gasteiger partial charge in [-0.25, -0.2) is 4.98 Å². The van der Waals surface area contributed by atoms with E-state index in [0.29, 0.717) is 6.04 Å². The van der Waals surface area contributed by atoms with Gasteiger partial charge in [0.25, 0.3) is 0 Å². The maximum atomic E-state index is 11.5. The van der Waals surface area contributed by atoms with E-state index in [1.807, 2.05) is 12.1 Å². The van der Waals surface area contributed by atoms with Crippen molar-refractivity contribution < 1.29 is 4.79 Å². The highest BCUT2D eigenvalue weighted by atomic mass is 79.9. The minimum Gasteiger partial charge on any atom is -0.369 e. The number of thiazole rings is 1. The molecule has 0 aliphatic carbocycles. The third-order valence-electron chi connectivity index (χ3n) is 4.42. The van der Waals surface area contributed by atoms with Crippen LogP contribution in [0.15, 0.2) is 34.1 Å². The van der Waals surface area contributed by atoms with Crippen LogP contribution in [-0.4, -0.2) is 28.4 Å². The van der Waals surface area contributed by atoms with Crippen LogP contribution < -0.4 is 5.73 Å². The van der Waals surface area contributed by atoms with Crippen molar-refractivity contribution in [1.82, 2.24) is 9.88 Å². The Labute approximate surface area is 148 Å². The fourth-order valence-corrected chi connectivity index (χ4v) is 4.03. The van der Waals surface area contributed by atoms with Crippen LogP contribution in [-0.2, 0) is 11.3 Å². The highest BCUT2D eigenvalue weighted by Gasteiger charge is 2.28. The predicted molar refractivity (Wildman–Crippen MR) is 97.0 cm³/mol. The van der Waals surface area contributed by atoms with Gasteiger partial charge in [-0.15, -0.1) is 11.3 Å². The largest absolute Gasteiger partial charge is 0.369 e. The molecule has 0 bridgehead atoms. The molecule has 1 aromatic carbocycles. The number of nitrogens with two attached hydrogens (primary N) is 1. The second-order valence-electron chi connectivity index (χ2n) is 6.11. The first-order valence-corrected chi connectivity index (χ1v) is 9.44. The van der Waals surface area contributed by atoms with Crippen molar-refractivity contribution in [2.24, 2.45) is 11.7 Å². The SMILES string of the molecule is C[C@H]1CC[C@@H](C(N)=O)CN1Cc1csc(-c2ccc(Br)cc2)n1. The summed E-state index contributed by atoms with van der Waals surface area (Å²) in [5.41, 5.74) is 7.67. The monoisotopic (exact) mass is 393 g/mol. The Morgan fingerprint density at radius 1 is 1.39 bits per heavy atom. The third kappa shape index (κ3) is 4.00. The van der Waals surface area contributed by atoms with E-state index in [2.05, 4.69) is 45.3 Å². The summed E-state index contributed by atoms with van der Waals surface area (Å²) in [4.78, 5) is 18.5. The maximum Gasteiger partial charge on any atom is 0.221 e. The first-order chi connectivity index (χ1) is 11.0. The van der Waals surface area contributed by atoms with E-state index in [4.69, 9.17) is 10.7 Å². The second-order valence-corrected chi connectivity index (χ2v) is 7.88. The van der Waals surface area contributed by atoms with Crippen molar-refractivity contribution in [2.75, 3.05) is 6.54 Å². The summed E-state index contributed by atoms with van der Waals surface area (Å²) in [6.07, 6.45) is 1.91. The van der Waals surface area contributed by atoms with Crippen molar-refractivity contribution in [3.8, 4) is 10.6 Å². The molecule has 2 atom stereocenters. The number of carbonyl (C=O) groups excluding carboxylic acids is 1. The summed E-state index contributed by atoms with van der Waals surface area (Å²) in [5, 5.41) is 3.14. The average molecular weight is 394 g/mol. The number of likely N-dealkylation sites (tertiary alicyclic amines) is 1. The van der Waals surface area contributed by atoms with Gasteiger partial charge in [-0.05, 0) is 31.9 Å². The number of amides is 1. The van der Waals surface area contributed by atoms with E-state index in [-0.39, 0.29) is 11.8 Å². The molecule has 1 aromatic heterocycles. The van der Waals surface area contributed by atoms with Gasteiger partial charge in [-0.3, -0.25) is 9.69 Å². The molecule has 122 valence electrons. The van der Waals surface area contributed by atoms with Crippen LogP contribution in [0.4, 0.5) is 0 Å². The summed E-state index contributed by atoms with van der Waals surface area (Å²) in [6.45, 7) is 3.72. The molecule has 1 amide bonds. The van der Waals surface area contributed by atoms with Crippen molar-refractivity contribution in [3.63, 3.8) is 0 Å². The first-order valence-electron chi connectivity index (χ1n) is 7.76. The zero-order valence-corrected chi connectivity index (χ0v) is 15.4. The van der Waals surface area contributed by atoms with E-state index < -0.39 is 0 Å². The van der Waals surface area contributed by atoms with E-state index in [0.717, 1.165) is 46.7 Å². The summed E-state index contributed by atoms with van der Waals surface area (Å²) in [6, 6.07) is 8.66. The highest BCUT2D eigenvalue weighted by Crippen LogP contribution is 2.28. The number of hydrogen-bond donors (Lipinski definition) is 1. The lowest BCUT2D eigenvalue weighted by atomic mass is 9.93. The van der Waals surface area contributed by atoms with E-state index >= 15 is 0 Å². The summed E-state index contributed by atoms with van der Waals surface area (Å²) in [7, 11) is 0. The van der Waals surface area contributed by atoms with Crippen LogP contribution in [0.5, 0.6) is 0 Å². The molecule has 0 radical (unpaired) electrons. The molecule has 3 rings (SSSR count). The van der Waals surface area contributed by atoms with Gasteiger partial charge < -0.3 is 5.73 Å². The number of hydrogen-bond acceptors (Lipinski definition) is 4. The second kappa shape index (κ2) is 7.11. The molecule has 1 aliphatic heterocycles. The zero-order chi connectivity index (χ0) is 16.4. The summed E-state index contributed by atoms with van der Waals surface area (Å²) < 4.78 is 1.07. The lowest BCUT2D eigenvalue weighted by Crippen LogP contribution is -2.45. The van der Waals surface area contributed by atoms with Gasteiger partial charge in [0, 0.05) is 34.5 Å².